The second-order valence-electron chi connectivity index (χ2n) is 6.21. The number of aryl methyl sites for hydroxylation is 2. The lowest BCUT2D eigenvalue weighted by Gasteiger charge is -2.29. The Labute approximate surface area is 142 Å². The van der Waals surface area contributed by atoms with Gasteiger partial charge in [-0.25, -0.2) is 4.98 Å². The summed E-state index contributed by atoms with van der Waals surface area (Å²) < 4.78 is 2.48. The highest BCUT2D eigenvalue weighted by Gasteiger charge is 2.40. The second kappa shape index (κ2) is 6.71. The molecule has 0 saturated carbocycles. The molecule has 0 radical (unpaired) electrons. The molecular formula is C18H24N2S2. The molecule has 2 unspecified atom stereocenters. The summed E-state index contributed by atoms with van der Waals surface area (Å²) >= 11 is 4.32. The SMILES string of the molecule is CCC1CSC(Cc2ccc(C)cc2C)(Cn2ccnc2)S1. The molecule has 1 aromatic carbocycles. The fourth-order valence-corrected chi connectivity index (χ4v) is 6.86. The van der Waals surface area contributed by atoms with E-state index < -0.39 is 0 Å². The average Bonchev–Trinajstić information content (AvgIpc) is 3.13. The minimum atomic E-state index is 0.237. The van der Waals surface area contributed by atoms with Gasteiger partial charge in [0.25, 0.3) is 0 Å². The normalized spacial score (nSPS) is 24.8. The number of benzene rings is 1. The van der Waals surface area contributed by atoms with Crippen LogP contribution in [-0.2, 0) is 13.0 Å². The third-order valence-electron chi connectivity index (χ3n) is 4.31. The number of nitrogens with zero attached hydrogens (tertiary/aromatic N) is 2. The lowest BCUT2D eigenvalue weighted by Crippen LogP contribution is -2.28. The van der Waals surface area contributed by atoms with Crippen LogP contribution in [0.5, 0.6) is 0 Å². The molecule has 3 rings (SSSR count). The van der Waals surface area contributed by atoms with E-state index in [0.29, 0.717) is 0 Å². The maximum atomic E-state index is 4.22. The largest absolute Gasteiger partial charge is 0.335 e. The zero-order valence-electron chi connectivity index (χ0n) is 13.6. The van der Waals surface area contributed by atoms with E-state index in [9.17, 15) is 0 Å². The molecule has 0 aliphatic carbocycles. The van der Waals surface area contributed by atoms with Gasteiger partial charge in [-0.2, -0.15) is 0 Å². The van der Waals surface area contributed by atoms with E-state index in [1.54, 1.807) is 0 Å². The third kappa shape index (κ3) is 3.54. The summed E-state index contributed by atoms with van der Waals surface area (Å²) in [5.41, 5.74) is 4.26. The van der Waals surface area contributed by atoms with Crippen LogP contribution in [0.1, 0.15) is 30.0 Å². The highest BCUT2D eigenvalue weighted by Crippen LogP contribution is 2.52. The second-order valence-corrected chi connectivity index (χ2v) is 9.56. The van der Waals surface area contributed by atoms with Crippen LogP contribution in [-0.4, -0.2) is 24.6 Å². The van der Waals surface area contributed by atoms with Gasteiger partial charge in [0.15, 0.2) is 0 Å². The van der Waals surface area contributed by atoms with Crippen LogP contribution < -0.4 is 0 Å². The van der Waals surface area contributed by atoms with Gasteiger partial charge >= 0.3 is 0 Å². The molecule has 1 fully saturated rings. The van der Waals surface area contributed by atoms with Crippen LogP contribution in [0.15, 0.2) is 36.9 Å². The number of imidazole rings is 1. The van der Waals surface area contributed by atoms with Crippen LogP contribution in [0, 0.1) is 13.8 Å². The first-order valence-corrected chi connectivity index (χ1v) is 9.80. The Morgan fingerprint density at radius 2 is 2.23 bits per heavy atom. The van der Waals surface area contributed by atoms with Crippen molar-refractivity contribution in [2.45, 2.75) is 49.5 Å². The van der Waals surface area contributed by atoms with Gasteiger partial charge in [-0.1, -0.05) is 30.7 Å². The standard InChI is InChI=1S/C18H24N2S2/c1-4-17-11-21-18(22-17,12-20-8-7-19-13-20)10-16-6-5-14(2)9-15(16)3/h5-9,13,17H,4,10-12H2,1-3H3. The Hall–Kier alpha value is -0.870. The molecule has 2 nitrogen and oxygen atoms in total. The van der Waals surface area contributed by atoms with Crippen molar-refractivity contribution in [3.63, 3.8) is 0 Å². The van der Waals surface area contributed by atoms with Gasteiger partial charge < -0.3 is 4.57 Å². The summed E-state index contributed by atoms with van der Waals surface area (Å²) in [7, 11) is 0. The topological polar surface area (TPSA) is 17.8 Å². The molecule has 0 bridgehead atoms. The van der Waals surface area contributed by atoms with E-state index in [1.165, 1.54) is 28.9 Å². The summed E-state index contributed by atoms with van der Waals surface area (Å²) in [6.45, 7) is 7.76. The van der Waals surface area contributed by atoms with Crippen LogP contribution in [0.2, 0.25) is 0 Å². The van der Waals surface area contributed by atoms with Gasteiger partial charge in [0.05, 0.1) is 10.4 Å². The quantitative estimate of drug-likeness (QED) is 0.790. The molecule has 4 heteroatoms. The highest BCUT2D eigenvalue weighted by atomic mass is 32.2. The third-order valence-corrected chi connectivity index (χ3v) is 8.07. The van der Waals surface area contributed by atoms with Gasteiger partial charge in [0.1, 0.15) is 0 Å². The van der Waals surface area contributed by atoms with Gasteiger partial charge in [0.2, 0.25) is 0 Å². The van der Waals surface area contributed by atoms with Crippen molar-refractivity contribution in [1.29, 1.82) is 0 Å². The predicted molar refractivity (Wildman–Crippen MR) is 98.7 cm³/mol. The van der Waals surface area contributed by atoms with Crippen LogP contribution >= 0.6 is 23.5 Å². The van der Waals surface area contributed by atoms with Gasteiger partial charge in [-0.15, -0.1) is 23.5 Å². The van der Waals surface area contributed by atoms with Gasteiger partial charge in [0, 0.05) is 29.9 Å². The van der Waals surface area contributed by atoms with Crippen molar-refractivity contribution in [2.24, 2.45) is 0 Å². The Balaban J connectivity index is 1.85. The number of hydrogen-bond donors (Lipinski definition) is 0. The van der Waals surface area contributed by atoms with Gasteiger partial charge in [-0.3, -0.25) is 0 Å². The van der Waals surface area contributed by atoms with Crippen molar-refractivity contribution >= 4 is 23.5 Å². The van der Waals surface area contributed by atoms with E-state index in [-0.39, 0.29) is 4.08 Å². The Morgan fingerprint density at radius 1 is 1.36 bits per heavy atom. The molecule has 0 N–H and O–H groups in total. The van der Waals surface area contributed by atoms with Crippen molar-refractivity contribution < 1.29 is 0 Å². The first-order chi connectivity index (χ1) is 10.6. The Morgan fingerprint density at radius 3 is 2.86 bits per heavy atom. The maximum Gasteiger partial charge on any atom is 0.0946 e. The molecule has 22 heavy (non-hydrogen) atoms. The van der Waals surface area contributed by atoms with Gasteiger partial charge in [-0.05, 0) is 37.8 Å². The smallest absolute Gasteiger partial charge is 0.0946 e. The monoisotopic (exact) mass is 332 g/mol. The number of hydrogen-bond acceptors (Lipinski definition) is 3. The molecule has 118 valence electrons. The van der Waals surface area contributed by atoms with E-state index in [1.807, 2.05) is 12.5 Å². The zero-order valence-corrected chi connectivity index (χ0v) is 15.2. The molecule has 0 amide bonds. The molecular weight excluding hydrogens is 308 g/mol. The van der Waals surface area contributed by atoms with Crippen molar-refractivity contribution in [3.05, 3.63) is 53.6 Å². The minimum Gasteiger partial charge on any atom is -0.335 e. The molecule has 1 aliphatic heterocycles. The predicted octanol–water partition coefficient (Wildman–Crippen LogP) is 4.70. The molecule has 2 aromatic rings. The first-order valence-electron chi connectivity index (χ1n) is 7.94. The van der Waals surface area contributed by atoms with Crippen LogP contribution in [0.25, 0.3) is 0 Å². The van der Waals surface area contributed by atoms with E-state index >= 15 is 0 Å². The molecule has 1 saturated heterocycles. The van der Waals surface area contributed by atoms with E-state index in [4.69, 9.17) is 0 Å². The van der Waals surface area contributed by atoms with E-state index in [0.717, 1.165) is 18.2 Å². The highest BCUT2D eigenvalue weighted by molar-refractivity contribution is 8.21. The van der Waals surface area contributed by atoms with Crippen LogP contribution in [0.4, 0.5) is 0 Å². The lowest BCUT2D eigenvalue weighted by atomic mass is 10.0. The summed E-state index contributed by atoms with van der Waals surface area (Å²) in [6, 6.07) is 6.87. The minimum absolute atomic E-state index is 0.237. The zero-order chi connectivity index (χ0) is 15.6. The fourth-order valence-electron chi connectivity index (χ4n) is 3.04. The van der Waals surface area contributed by atoms with Crippen molar-refractivity contribution in [1.82, 2.24) is 9.55 Å². The Bertz CT molecular complexity index is 624. The molecule has 2 heterocycles. The summed E-state index contributed by atoms with van der Waals surface area (Å²) in [5.74, 6) is 1.26. The fraction of sp³-hybridized carbons (Fsp3) is 0.500. The molecule has 0 spiro atoms. The number of thioether (sulfide) groups is 2. The number of rotatable bonds is 5. The first kappa shape index (κ1) is 16.0. The Kier molecular flexibility index (Phi) is 4.88. The summed E-state index contributed by atoms with van der Waals surface area (Å²) in [5, 5.41) is 0.777. The lowest BCUT2D eigenvalue weighted by molar-refractivity contribution is 0.623. The molecule has 1 aromatic heterocycles. The molecule has 1 aliphatic rings. The van der Waals surface area contributed by atoms with Crippen molar-refractivity contribution in [2.75, 3.05) is 5.75 Å². The maximum absolute atomic E-state index is 4.22. The number of aromatic nitrogens is 2. The summed E-state index contributed by atoms with van der Waals surface area (Å²) in [6.07, 6.45) is 8.31. The van der Waals surface area contributed by atoms with Crippen molar-refractivity contribution in [3.8, 4) is 0 Å². The molecule has 2 atom stereocenters. The summed E-state index contributed by atoms with van der Waals surface area (Å²) in [4.78, 5) is 4.22. The van der Waals surface area contributed by atoms with Crippen LogP contribution in [0.3, 0.4) is 0 Å². The average molecular weight is 333 g/mol. The van der Waals surface area contributed by atoms with E-state index in [2.05, 4.69) is 78.2 Å².